The highest BCUT2D eigenvalue weighted by atomic mass is 79.9. The van der Waals surface area contributed by atoms with E-state index in [2.05, 4.69) is 63.1 Å². The van der Waals surface area contributed by atoms with Crippen molar-refractivity contribution in [3.63, 3.8) is 0 Å². The lowest BCUT2D eigenvalue weighted by Crippen LogP contribution is -2.50. The lowest BCUT2D eigenvalue weighted by atomic mass is 9.72. The lowest BCUT2D eigenvalue weighted by Gasteiger charge is -2.43. The summed E-state index contributed by atoms with van der Waals surface area (Å²) < 4.78 is 7.03. The van der Waals surface area contributed by atoms with Gasteiger partial charge < -0.3 is 19.6 Å². The zero-order chi connectivity index (χ0) is 21.7. The number of likely N-dealkylation sites (N-methyl/N-ethyl adjacent to an activating group) is 1. The molecule has 0 amide bonds. The maximum Gasteiger partial charge on any atom is 0.134 e. The molecule has 2 aromatic carbocycles. The molecule has 0 radical (unpaired) electrons. The molecule has 1 atom stereocenters. The van der Waals surface area contributed by atoms with Gasteiger partial charge in [0.25, 0.3) is 0 Å². The Morgan fingerprint density at radius 3 is 2.39 bits per heavy atom. The average Bonchev–Trinajstić information content (AvgIpc) is 2.79. The van der Waals surface area contributed by atoms with Crippen molar-refractivity contribution in [2.75, 3.05) is 39.8 Å². The zero-order valence-electron chi connectivity index (χ0n) is 18.6. The summed E-state index contributed by atoms with van der Waals surface area (Å²) in [6, 6.07) is 16.6. The van der Waals surface area contributed by atoms with Gasteiger partial charge in [0.15, 0.2) is 0 Å². The molecule has 0 spiro atoms. The maximum atomic E-state index is 11.7. The van der Waals surface area contributed by atoms with E-state index in [4.69, 9.17) is 4.74 Å². The molecule has 31 heavy (non-hydrogen) atoms. The molecule has 1 N–H and O–H groups in total. The Morgan fingerprint density at radius 1 is 1.00 bits per heavy atom. The standard InChI is InChI=1S/C26H35BrN2O2/c1-28-14-16-29(17-15-28)19-23(26(30)12-6-3-7-13-26)22-10-11-25(24(27)18-22)31-20-21-8-4-2-5-9-21/h2,4-5,8-11,18,23,30H,3,6-7,12-17,19-20H2,1H3. The van der Waals surface area contributed by atoms with Crippen LogP contribution < -0.4 is 4.74 Å². The Hall–Kier alpha value is -1.40. The molecule has 0 aromatic heterocycles. The molecule has 4 rings (SSSR count). The Kier molecular flexibility index (Phi) is 7.70. The summed E-state index contributed by atoms with van der Waals surface area (Å²) in [7, 11) is 2.19. The molecule has 1 aliphatic carbocycles. The first-order valence-corrected chi connectivity index (χ1v) is 12.4. The van der Waals surface area contributed by atoms with Crippen LogP contribution in [0.25, 0.3) is 0 Å². The number of hydrogen-bond donors (Lipinski definition) is 1. The summed E-state index contributed by atoms with van der Waals surface area (Å²) in [5, 5.41) is 11.7. The van der Waals surface area contributed by atoms with E-state index in [1.807, 2.05) is 18.2 Å². The summed E-state index contributed by atoms with van der Waals surface area (Å²) in [4.78, 5) is 4.92. The van der Waals surface area contributed by atoms with Crippen LogP contribution in [0.1, 0.15) is 49.1 Å². The second-order valence-corrected chi connectivity index (χ2v) is 10.1. The minimum Gasteiger partial charge on any atom is -0.488 e. The predicted octanol–water partition coefficient (Wildman–Crippen LogP) is 5.05. The van der Waals surface area contributed by atoms with Gasteiger partial charge in [-0.3, -0.25) is 0 Å². The van der Waals surface area contributed by atoms with Gasteiger partial charge in [-0.2, -0.15) is 0 Å². The van der Waals surface area contributed by atoms with Gasteiger partial charge in [-0.25, -0.2) is 0 Å². The molecule has 2 fully saturated rings. The molecule has 1 saturated heterocycles. The minimum absolute atomic E-state index is 0.121. The first kappa shape index (κ1) is 22.8. The number of benzene rings is 2. The fraction of sp³-hybridized carbons (Fsp3) is 0.538. The zero-order valence-corrected chi connectivity index (χ0v) is 20.2. The van der Waals surface area contributed by atoms with Gasteiger partial charge in [-0.05, 0) is 59.1 Å². The van der Waals surface area contributed by atoms with Crippen molar-refractivity contribution >= 4 is 15.9 Å². The fourth-order valence-electron chi connectivity index (χ4n) is 4.97. The van der Waals surface area contributed by atoms with Crippen molar-refractivity contribution < 1.29 is 9.84 Å². The van der Waals surface area contributed by atoms with Gasteiger partial charge in [0.2, 0.25) is 0 Å². The predicted molar refractivity (Wildman–Crippen MR) is 130 cm³/mol. The van der Waals surface area contributed by atoms with Gasteiger partial charge in [0, 0.05) is 38.6 Å². The van der Waals surface area contributed by atoms with Gasteiger partial charge in [-0.15, -0.1) is 0 Å². The lowest BCUT2D eigenvalue weighted by molar-refractivity contribution is -0.0337. The quantitative estimate of drug-likeness (QED) is 0.593. The second-order valence-electron chi connectivity index (χ2n) is 9.28. The van der Waals surface area contributed by atoms with Crippen LogP contribution in [0.2, 0.25) is 0 Å². The van der Waals surface area contributed by atoms with E-state index in [-0.39, 0.29) is 5.92 Å². The van der Waals surface area contributed by atoms with E-state index in [1.54, 1.807) is 0 Å². The largest absolute Gasteiger partial charge is 0.488 e. The summed E-state index contributed by atoms with van der Waals surface area (Å²) in [5.41, 5.74) is 1.75. The number of halogens is 1. The number of rotatable bonds is 7. The van der Waals surface area contributed by atoms with E-state index in [1.165, 1.54) is 12.0 Å². The van der Waals surface area contributed by atoms with E-state index < -0.39 is 5.60 Å². The summed E-state index contributed by atoms with van der Waals surface area (Å²) in [5.74, 6) is 0.970. The third kappa shape index (κ3) is 5.89. The number of hydrogen-bond acceptors (Lipinski definition) is 4. The molecule has 1 saturated carbocycles. The Labute approximate surface area is 195 Å². The smallest absolute Gasteiger partial charge is 0.134 e. The molecule has 1 heterocycles. The number of aliphatic hydroxyl groups is 1. The Bertz CT molecular complexity index is 831. The molecule has 168 valence electrons. The third-order valence-corrected chi connectivity index (χ3v) is 7.62. The first-order chi connectivity index (χ1) is 15.0. The second kappa shape index (κ2) is 10.5. The van der Waals surface area contributed by atoms with Crippen LogP contribution >= 0.6 is 15.9 Å². The van der Waals surface area contributed by atoms with Gasteiger partial charge in [0.1, 0.15) is 12.4 Å². The topological polar surface area (TPSA) is 35.9 Å². The summed E-state index contributed by atoms with van der Waals surface area (Å²) in [6.45, 7) is 5.81. The van der Waals surface area contributed by atoms with Crippen molar-refractivity contribution in [1.82, 2.24) is 9.80 Å². The van der Waals surface area contributed by atoms with Crippen molar-refractivity contribution in [3.05, 3.63) is 64.1 Å². The van der Waals surface area contributed by atoms with Crippen LogP contribution in [0.4, 0.5) is 0 Å². The summed E-state index contributed by atoms with van der Waals surface area (Å²) in [6.07, 6.45) is 5.27. The van der Waals surface area contributed by atoms with Crippen LogP contribution in [0, 0.1) is 0 Å². The van der Waals surface area contributed by atoms with Crippen LogP contribution in [0.15, 0.2) is 53.0 Å². The minimum atomic E-state index is -0.618. The van der Waals surface area contributed by atoms with Crippen molar-refractivity contribution in [2.24, 2.45) is 0 Å². The third-order valence-electron chi connectivity index (χ3n) is 7.00. The molecule has 2 aliphatic rings. The van der Waals surface area contributed by atoms with Gasteiger partial charge in [-0.1, -0.05) is 55.7 Å². The van der Waals surface area contributed by atoms with Crippen LogP contribution in [-0.2, 0) is 6.61 Å². The van der Waals surface area contributed by atoms with E-state index >= 15 is 0 Å². The monoisotopic (exact) mass is 486 g/mol. The highest BCUT2D eigenvalue weighted by Gasteiger charge is 2.40. The van der Waals surface area contributed by atoms with Crippen LogP contribution in [0.3, 0.4) is 0 Å². The first-order valence-electron chi connectivity index (χ1n) is 11.6. The highest BCUT2D eigenvalue weighted by molar-refractivity contribution is 9.10. The highest BCUT2D eigenvalue weighted by Crippen LogP contribution is 2.42. The van der Waals surface area contributed by atoms with Crippen molar-refractivity contribution in [3.8, 4) is 5.75 Å². The Morgan fingerprint density at radius 2 is 1.71 bits per heavy atom. The van der Waals surface area contributed by atoms with Gasteiger partial charge in [0.05, 0.1) is 10.1 Å². The van der Waals surface area contributed by atoms with Gasteiger partial charge >= 0.3 is 0 Å². The fourth-order valence-corrected chi connectivity index (χ4v) is 5.48. The van der Waals surface area contributed by atoms with Crippen molar-refractivity contribution in [2.45, 2.75) is 50.2 Å². The molecule has 5 heteroatoms. The normalized spacial score (nSPS) is 21.0. The Balaban J connectivity index is 1.51. The van der Waals surface area contributed by atoms with E-state index in [9.17, 15) is 5.11 Å². The molecule has 1 aliphatic heterocycles. The molecule has 4 nitrogen and oxygen atoms in total. The van der Waals surface area contributed by atoms with Crippen LogP contribution in [0.5, 0.6) is 5.75 Å². The van der Waals surface area contributed by atoms with Crippen LogP contribution in [-0.4, -0.2) is 60.3 Å². The van der Waals surface area contributed by atoms with E-state index in [0.717, 1.165) is 74.2 Å². The molecule has 0 bridgehead atoms. The van der Waals surface area contributed by atoms with Crippen molar-refractivity contribution in [1.29, 1.82) is 0 Å². The molecule has 1 unspecified atom stereocenters. The molecular weight excluding hydrogens is 452 g/mol. The average molecular weight is 487 g/mol. The number of nitrogens with zero attached hydrogens (tertiary/aromatic N) is 2. The summed E-state index contributed by atoms with van der Waals surface area (Å²) >= 11 is 3.74. The maximum absolute atomic E-state index is 11.7. The number of piperazine rings is 1. The SMILES string of the molecule is CN1CCN(CC(c2ccc(OCc3ccccc3)c(Br)c2)C2(O)CCCCC2)CC1. The molecule has 2 aromatic rings. The number of ether oxygens (including phenoxy) is 1. The van der Waals surface area contributed by atoms with E-state index in [0.29, 0.717) is 6.61 Å². The molecular formula is C26H35BrN2O2.